The first kappa shape index (κ1) is 21.0. The topological polar surface area (TPSA) is 21.6 Å². The largest absolute Gasteiger partial charge is 0.478 e. The zero-order valence-corrected chi connectivity index (χ0v) is 20.2. The van der Waals surface area contributed by atoms with Gasteiger partial charge in [0.2, 0.25) is 0 Å². The van der Waals surface area contributed by atoms with E-state index in [1.807, 2.05) is 0 Å². The molecule has 0 fully saturated rings. The fourth-order valence-corrected chi connectivity index (χ4v) is 9.33. The minimum absolute atomic E-state index is 0.171. The molecule has 3 atom stereocenters. The van der Waals surface area contributed by atoms with Crippen molar-refractivity contribution in [2.75, 3.05) is 6.61 Å². The molecule has 5 rings (SSSR count). The van der Waals surface area contributed by atoms with Gasteiger partial charge in [0.05, 0.1) is 19.5 Å². The van der Waals surface area contributed by atoms with E-state index in [2.05, 4.69) is 117 Å². The Morgan fingerprint density at radius 2 is 1.56 bits per heavy atom. The molecule has 0 aromatic heterocycles. The summed E-state index contributed by atoms with van der Waals surface area (Å²) in [6, 6.07) is 30.6. The van der Waals surface area contributed by atoms with Crippen LogP contribution in [0.15, 0.2) is 96.0 Å². The molecule has 1 aliphatic heterocycles. The Kier molecular flexibility index (Phi) is 5.38. The number of allylic oxidation sites excluding steroid dienone is 1. The molecule has 162 valence electrons. The van der Waals surface area contributed by atoms with Gasteiger partial charge in [-0.15, -0.1) is 0 Å². The first-order valence-electron chi connectivity index (χ1n) is 11.6. The molecular weight excluding hydrogens is 406 g/mol. The van der Waals surface area contributed by atoms with Crippen molar-refractivity contribution in [1.29, 1.82) is 0 Å². The second-order valence-corrected chi connectivity index (χ2v) is 14.4. The maximum absolute atomic E-state index is 6.44. The van der Waals surface area contributed by atoms with Crippen LogP contribution in [0.4, 0.5) is 0 Å². The second-order valence-electron chi connectivity index (χ2n) is 9.80. The zero-order valence-electron chi connectivity index (χ0n) is 19.2. The summed E-state index contributed by atoms with van der Waals surface area (Å²) in [5.41, 5.74) is 4.00. The Hall–Kier alpha value is -2.91. The molecule has 3 aromatic rings. The lowest BCUT2D eigenvalue weighted by atomic mass is 9.73. The standard InChI is InChI=1S/C29H31NOSi/c1-29(28-30-24(21-31-28)20-22-12-6-4-7-13-22)26-17-11-10-14-23(26)18-19-27(29)32(2,3)25-15-8-5-9-16-25/h4-19,24,27H,20-21H2,1-3H3/t24-,27?,29?/m0/s1. The Morgan fingerprint density at radius 1 is 0.906 bits per heavy atom. The van der Waals surface area contributed by atoms with Gasteiger partial charge in [-0.1, -0.05) is 115 Å². The van der Waals surface area contributed by atoms with Gasteiger partial charge >= 0.3 is 0 Å². The van der Waals surface area contributed by atoms with E-state index in [9.17, 15) is 0 Å². The first-order chi connectivity index (χ1) is 15.5. The molecule has 1 aliphatic carbocycles. The number of ether oxygens (including phenoxy) is 1. The number of benzene rings is 3. The highest BCUT2D eigenvalue weighted by Crippen LogP contribution is 2.50. The monoisotopic (exact) mass is 437 g/mol. The summed E-state index contributed by atoms with van der Waals surface area (Å²) in [4.78, 5) is 5.22. The lowest BCUT2D eigenvalue weighted by molar-refractivity contribution is 0.290. The van der Waals surface area contributed by atoms with E-state index in [4.69, 9.17) is 9.73 Å². The van der Waals surface area contributed by atoms with Crippen LogP contribution in [0.3, 0.4) is 0 Å². The molecule has 0 radical (unpaired) electrons. The van der Waals surface area contributed by atoms with Crippen molar-refractivity contribution in [2.45, 2.75) is 43.4 Å². The van der Waals surface area contributed by atoms with E-state index in [0.717, 1.165) is 12.3 Å². The third-order valence-corrected chi connectivity index (χ3v) is 11.5. The summed E-state index contributed by atoms with van der Waals surface area (Å²) < 4.78 is 6.44. The molecule has 3 aromatic carbocycles. The third kappa shape index (κ3) is 3.55. The molecule has 0 amide bonds. The highest BCUT2D eigenvalue weighted by Gasteiger charge is 2.52. The highest BCUT2D eigenvalue weighted by atomic mass is 28.3. The van der Waals surface area contributed by atoms with Gasteiger partial charge in [0.15, 0.2) is 5.90 Å². The Morgan fingerprint density at radius 3 is 2.31 bits per heavy atom. The van der Waals surface area contributed by atoms with Gasteiger partial charge in [0.25, 0.3) is 0 Å². The van der Waals surface area contributed by atoms with Gasteiger partial charge in [0.1, 0.15) is 6.61 Å². The van der Waals surface area contributed by atoms with Gasteiger partial charge < -0.3 is 4.74 Å². The molecule has 0 saturated heterocycles. The van der Waals surface area contributed by atoms with E-state index < -0.39 is 8.07 Å². The lowest BCUT2D eigenvalue weighted by Gasteiger charge is -2.46. The third-order valence-electron chi connectivity index (χ3n) is 7.38. The van der Waals surface area contributed by atoms with Crippen LogP contribution in [0.2, 0.25) is 18.6 Å². The molecular formula is C29H31NOSi. The van der Waals surface area contributed by atoms with Gasteiger partial charge in [0, 0.05) is 0 Å². The molecule has 0 spiro atoms. The van der Waals surface area contributed by atoms with E-state index >= 15 is 0 Å². The molecule has 3 heteroatoms. The smallest absolute Gasteiger partial charge is 0.194 e. The Labute approximate surface area is 192 Å². The minimum Gasteiger partial charge on any atom is -0.478 e. The number of aliphatic imine (C=N–C) groups is 1. The number of rotatable bonds is 5. The lowest BCUT2D eigenvalue weighted by Crippen LogP contribution is -2.55. The van der Waals surface area contributed by atoms with E-state index in [1.165, 1.54) is 21.9 Å². The van der Waals surface area contributed by atoms with Gasteiger partial charge in [-0.25, -0.2) is 4.99 Å². The first-order valence-corrected chi connectivity index (χ1v) is 14.7. The summed E-state index contributed by atoms with van der Waals surface area (Å²) in [6.45, 7) is 7.99. The molecule has 2 aliphatic rings. The summed E-state index contributed by atoms with van der Waals surface area (Å²) in [7, 11) is -1.89. The van der Waals surface area contributed by atoms with Crippen LogP contribution in [0, 0.1) is 0 Å². The predicted molar refractivity (Wildman–Crippen MR) is 137 cm³/mol. The number of hydrogen-bond acceptors (Lipinski definition) is 2. The van der Waals surface area contributed by atoms with Crippen LogP contribution in [-0.4, -0.2) is 26.6 Å². The molecule has 2 unspecified atom stereocenters. The number of fused-ring (bicyclic) bond motifs is 1. The van der Waals surface area contributed by atoms with Crippen LogP contribution in [0.1, 0.15) is 23.6 Å². The molecule has 2 nitrogen and oxygen atoms in total. The number of nitrogens with zero attached hydrogens (tertiary/aromatic N) is 1. The van der Waals surface area contributed by atoms with Crippen molar-refractivity contribution in [3.8, 4) is 0 Å². The predicted octanol–water partition coefficient (Wildman–Crippen LogP) is 6.00. The second kappa shape index (κ2) is 8.21. The molecule has 0 N–H and O–H groups in total. The highest BCUT2D eigenvalue weighted by molar-refractivity contribution is 6.91. The van der Waals surface area contributed by atoms with Crippen molar-refractivity contribution in [2.24, 2.45) is 4.99 Å². The summed E-state index contributed by atoms with van der Waals surface area (Å²) >= 11 is 0. The summed E-state index contributed by atoms with van der Waals surface area (Å²) in [5.74, 6) is 0.914. The molecule has 0 bridgehead atoms. The fraction of sp³-hybridized carbons (Fsp3) is 0.276. The molecule has 0 saturated carbocycles. The van der Waals surface area contributed by atoms with E-state index in [-0.39, 0.29) is 11.5 Å². The van der Waals surface area contributed by atoms with Crippen molar-refractivity contribution >= 4 is 25.2 Å². The van der Waals surface area contributed by atoms with E-state index in [1.54, 1.807) is 0 Å². The van der Waals surface area contributed by atoms with Crippen molar-refractivity contribution in [1.82, 2.24) is 0 Å². The normalized spacial score (nSPS) is 24.5. The summed E-state index contributed by atoms with van der Waals surface area (Å²) in [5, 5.41) is 1.47. The van der Waals surface area contributed by atoms with Crippen LogP contribution in [0.5, 0.6) is 0 Å². The van der Waals surface area contributed by atoms with Crippen molar-refractivity contribution in [3.63, 3.8) is 0 Å². The number of hydrogen-bond donors (Lipinski definition) is 0. The zero-order chi connectivity index (χ0) is 22.2. The maximum Gasteiger partial charge on any atom is 0.194 e. The van der Waals surface area contributed by atoms with E-state index in [0.29, 0.717) is 12.1 Å². The van der Waals surface area contributed by atoms with Crippen LogP contribution >= 0.6 is 0 Å². The van der Waals surface area contributed by atoms with Gasteiger partial charge in [-0.2, -0.15) is 0 Å². The average Bonchev–Trinajstić information content (AvgIpc) is 3.30. The Balaban J connectivity index is 1.57. The SMILES string of the molecule is CC1(C2=N[C@@H](Cc3ccccc3)CO2)c2ccccc2C=CC1[Si](C)(C)c1ccccc1. The van der Waals surface area contributed by atoms with Crippen LogP contribution in [-0.2, 0) is 16.6 Å². The van der Waals surface area contributed by atoms with Crippen LogP contribution < -0.4 is 5.19 Å². The van der Waals surface area contributed by atoms with Gasteiger partial charge in [-0.3, -0.25) is 0 Å². The van der Waals surface area contributed by atoms with Crippen LogP contribution in [0.25, 0.3) is 6.08 Å². The minimum atomic E-state index is -1.89. The van der Waals surface area contributed by atoms with Crippen molar-refractivity contribution < 1.29 is 4.74 Å². The average molecular weight is 438 g/mol. The maximum atomic E-state index is 6.44. The molecule has 32 heavy (non-hydrogen) atoms. The molecule has 1 heterocycles. The summed E-state index contributed by atoms with van der Waals surface area (Å²) in [6.07, 6.45) is 5.68. The Bertz CT molecular complexity index is 1150. The van der Waals surface area contributed by atoms with Crippen molar-refractivity contribution in [3.05, 3.63) is 108 Å². The quantitative estimate of drug-likeness (QED) is 0.449. The fourth-order valence-electron chi connectivity index (χ4n) is 5.62. The van der Waals surface area contributed by atoms with Gasteiger partial charge in [-0.05, 0) is 35.6 Å².